The summed E-state index contributed by atoms with van der Waals surface area (Å²) in [6.45, 7) is 3.01. The summed E-state index contributed by atoms with van der Waals surface area (Å²) in [6, 6.07) is 15.2. The average molecular weight is 445 g/mol. The van der Waals surface area contributed by atoms with Crippen molar-refractivity contribution in [1.29, 1.82) is 0 Å². The van der Waals surface area contributed by atoms with Crippen molar-refractivity contribution in [3.8, 4) is 0 Å². The number of hydrogen-bond acceptors (Lipinski definition) is 6. The van der Waals surface area contributed by atoms with Crippen LogP contribution in [0.5, 0.6) is 0 Å². The maximum absolute atomic E-state index is 13.4. The zero-order valence-electron chi connectivity index (χ0n) is 18.0. The van der Waals surface area contributed by atoms with Gasteiger partial charge in [-0.2, -0.15) is 0 Å². The molecule has 0 aliphatic carbocycles. The molecule has 9 heteroatoms. The molecule has 0 bridgehead atoms. The van der Waals surface area contributed by atoms with Crippen molar-refractivity contribution in [1.82, 2.24) is 15.1 Å². The molecule has 0 aromatic heterocycles. The van der Waals surface area contributed by atoms with Gasteiger partial charge in [0.05, 0.1) is 4.92 Å². The fraction of sp³-hybridized carbons (Fsp3) is 0.364. The van der Waals surface area contributed by atoms with Gasteiger partial charge in [-0.3, -0.25) is 19.7 Å². The van der Waals surface area contributed by atoms with Crippen LogP contribution >= 0.6 is 11.8 Å². The Labute approximate surface area is 186 Å². The SMILES string of the molecule is CC(=O)NC(CSc1cccc([N+](=O)[O-])c1)C(=O)N(CCN(C)C)Cc1ccccc1. The van der Waals surface area contributed by atoms with E-state index in [1.165, 1.54) is 30.8 Å². The number of carbonyl (C=O) groups is 2. The first kappa shape index (κ1) is 24.4. The van der Waals surface area contributed by atoms with E-state index in [-0.39, 0.29) is 23.3 Å². The van der Waals surface area contributed by atoms with Crippen LogP contribution in [0.3, 0.4) is 0 Å². The number of nitrogens with one attached hydrogen (secondary N) is 1. The van der Waals surface area contributed by atoms with Crippen LogP contribution in [0.2, 0.25) is 0 Å². The van der Waals surface area contributed by atoms with Gasteiger partial charge in [-0.1, -0.05) is 36.4 Å². The quantitative estimate of drug-likeness (QED) is 0.325. The largest absolute Gasteiger partial charge is 0.344 e. The molecule has 1 N–H and O–H groups in total. The van der Waals surface area contributed by atoms with Crippen LogP contribution in [0, 0.1) is 10.1 Å². The van der Waals surface area contributed by atoms with Crippen LogP contribution in [0.1, 0.15) is 12.5 Å². The maximum Gasteiger partial charge on any atom is 0.270 e. The third kappa shape index (κ3) is 8.39. The second-order valence-electron chi connectivity index (χ2n) is 7.37. The van der Waals surface area contributed by atoms with Crippen molar-refractivity contribution in [2.45, 2.75) is 24.4 Å². The highest BCUT2D eigenvalue weighted by Crippen LogP contribution is 2.24. The zero-order valence-corrected chi connectivity index (χ0v) is 18.8. The lowest BCUT2D eigenvalue weighted by atomic mass is 10.2. The van der Waals surface area contributed by atoms with Gasteiger partial charge < -0.3 is 15.1 Å². The van der Waals surface area contributed by atoms with Gasteiger partial charge >= 0.3 is 0 Å². The Morgan fingerprint density at radius 2 is 1.81 bits per heavy atom. The molecule has 2 aromatic rings. The number of hydrogen-bond donors (Lipinski definition) is 1. The number of benzene rings is 2. The summed E-state index contributed by atoms with van der Waals surface area (Å²) in [5.74, 6) is -0.212. The summed E-state index contributed by atoms with van der Waals surface area (Å²) in [6.07, 6.45) is 0. The number of likely N-dealkylation sites (N-methyl/N-ethyl adjacent to an activating group) is 1. The molecular formula is C22H28N4O4S. The predicted molar refractivity (Wildman–Crippen MR) is 122 cm³/mol. The third-order valence-electron chi connectivity index (χ3n) is 4.47. The molecular weight excluding hydrogens is 416 g/mol. The number of amides is 2. The van der Waals surface area contributed by atoms with E-state index in [1.54, 1.807) is 17.0 Å². The first-order chi connectivity index (χ1) is 14.8. The summed E-state index contributed by atoms with van der Waals surface area (Å²) < 4.78 is 0. The Kier molecular flexibility index (Phi) is 9.48. The molecule has 0 aliphatic heterocycles. The van der Waals surface area contributed by atoms with E-state index in [9.17, 15) is 19.7 Å². The van der Waals surface area contributed by atoms with Crippen LogP contribution in [-0.2, 0) is 16.1 Å². The van der Waals surface area contributed by atoms with Gasteiger partial charge in [0.25, 0.3) is 5.69 Å². The molecule has 2 amide bonds. The van der Waals surface area contributed by atoms with Crippen molar-refractivity contribution in [3.63, 3.8) is 0 Å². The molecule has 31 heavy (non-hydrogen) atoms. The highest BCUT2D eigenvalue weighted by atomic mass is 32.2. The van der Waals surface area contributed by atoms with Gasteiger partial charge in [-0.15, -0.1) is 11.8 Å². The summed E-state index contributed by atoms with van der Waals surface area (Å²) in [4.78, 5) is 40.1. The standard InChI is InChI=1S/C22H28N4O4S/c1-17(27)23-21(16-31-20-11-7-10-19(14-20)26(29)30)22(28)25(13-12-24(2)3)15-18-8-5-4-6-9-18/h4-11,14,21H,12-13,15-16H2,1-3H3,(H,23,27). The number of nitro groups is 1. The number of rotatable bonds is 11. The molecule has 2 rings (SSSR count). The first-order valence-electron chi connectivity index (χ1n) is 9.88. The maximum atomic E-state index is 13.4. The second kappa shape index (κ2) is 12.1. The molecule has 0 radical (unpaired) electrons. The molecule has 1 unspecified atom stereocenters. The molecule has 2 aromatic carbocycles. The average Bonchev–Trinajstić information content (AvgIpc) is 2.74. The Morgan fingerprint density at radius 1 is 1.10 bits per heavy atom. The molecule has 0 spiro atoms. The van der Waals surface area contributed by atoms with Gasteiger partial charge in [0.15, 0.2) is 0 Å². The lowest BCUT2D eigenvalue weighted by molar-refractivity contribution is -0.385. The Balaban J connectivity index is 2.17. The lowest BCUT2D eigenvalue weighted by Crippen LogP contribution is -2.50. The van der Waals surface area contributed by atoms with Gasteiger partial charge in [-0.05, 0) is 25.7 Å². The van der Waals surface area contributed by atoms with Crippen LogP contribution in [0.25, 0.3) is 0 Å². The minimum atomic E-state index is -0.743. The molecule has 0 heterocycles. The topological polar surface area (TPSA) is 95.8 Å². The van der Waals surface area contributed by atoms with Gasteiger partial charge in [-0.25, -0.2) is 0 Å². The fourth-order valence-electron chi connectivity index (χ4n) is 2.90. The van der Waals surface area contributed by atoms with Crippen molar-refractivity contribution in [2.75, 3.05) is 32.9 Å². The van der Waals surface area contributed by atoms with Gasteiger partial charge in [0.2, 0.25) is 11.8 Å². The summed E-state index contributed by atoms with van der Waals surface area (Å²) in [5.41, 5.74) is 0.992. The number of nitrogens with zero attached hydrogens (tertiary/aromatic N) is 3. The number of nitro benzene ring substituents is 1. The highest BCUT2D eigenvalue weighted by molar-refractivity contribution is 7.99. The van der Waals surface area contributed by atoms with Crippen LogP contribution < -0.4 is 5.32 Å². The molecule has 1 atom stereocenters. The zero-order chi connectivity index (χ0) is 22.8. The van der Waals surface area contributed by atoms with Crippen molar-refractivity contribution in [2.24, 2.45) is 0 Å². The van der Waals surface area contributed by atoms with E-state index in [1.807, 2.05) is 49.3 Å². The summed E-state index contributed by atoms with van der Waals surface area (Å²) >= 11 is 1.30. The normalized spacial score (nSPS) is 11.7. The highest BCUT2D eigenvalue weighted by Gasteiger charge is 2.26. The minimum Gasteiger partial charge on any atom is -0.344 e. The molecule has 8 nitrogen and oxygen atoms in total. The Bertz CT molecular complexity index is 892. The van der Waals surface area contributed by atoms with E-state index in [4.69, 9.17) is 0 Å². The number of thioether (sulfide) groups is 1. The third-order valence-corrected chi connectivity index (χ3v) is 5.55. The predicted octanol–water partition coefficient (Wildman–Crippen LogP) is 2.78. The van der Waals surface area contributed by atoms with Crippen molar-refractivity contribution in [3.05, 3.63) is 70.3 Å². The lowest BCUT2D eigenvalue weighted by Gasteiger charge is -2.29. The molecule has 0 saturated carbocycles. The Hall–Kier alpha value is -2.91. The van der Waals surface area contributed by atoms with E-state index in [0.29, 0.717) is 24.5 Å². The number of carbonyl (C=O) groups excluding carboxylic acids is 2. The van der Waals surface area contributed by atoms with E-state index in [0.717, 1.165) is 5.56 Å². The minimum absolute atomic E-state index is 0.0101. The van der Waals surface area contributed by atoms with Gasteiger partial charge in [0, 0.05) is 49.3 Å². The van der Waals surface area contributed by atoms with Crippen LogP contribution in [0.15, 0.2) is 59.5 Å². The van der Waals surface area contributed by atoms with E-state index < -0.39 is 11.0 Å². The second-order valence-corrected chi connectivity index (χ2v) is 8.46. The Morgan fingerprint density at radius 3 is 2.42 bits per heavy atom. The molecule has 0 saturated heterocycles. The smallest absolute Gasteiger partial charge is 0.270 e. The first-order valence-corrected chi connectivity index (χ1v) is 10.9. The van der Waals surface area contributed by atoms with Crippen LogP contribution in [0.4, 0.5) is 5.69 Å². The molecule has 0 fully saturated rings. The van der Waals surface area contributed by atoms with E-state index >= 15 is 0 Å². The fourth-order valence-corrected chi connectivity index (χ4v) is 3.86. The monoisotopic (exact) mass is 444 g/mol. The van der Waals surface area contributed by atoms with Crippen molar-refractivity contribution >= 4 is 29.3 Å². The van der Waals surface area contributed by atoms with E-state index in [2.05, 4.69) is 5.32 Å². The number of non-ortho nitro benzene ring substituents is 1. The molecule has 166 valence electrons. The van der Waals surface area contributed by atoms with Crippen molar-refractivity contribution < 1.29 is 14.5 Å². The van der Waals surface area contributed by atoms with Crippen LogP contribution in [-0.4, -0.2) is 65.5 Å². The molecule has 0 aliphatic rings. The summed E-state index contributed by atoms with van der Waals surface area (Å²) in [7, 11) is 3.88. The summed E-state index contributed by atoms with van der Waals surface area (Å²) in [5, 5.41) is 13.8. The van der Waals surface area contributed by atoms with Gasteiger partial charge in [0.1, 0.15) is 6.04 Å².